The molecule has 1 rings (SSSR count). The molecule has 0 bridgehead atoms. The molecule has 0 saturated heterocycles. The number of unbranched alkanes of at least 4 members (excludes halogenated alkanes) is 4. The highest BCUT2D eigenvalue weighted by atomic mass is 35.5. The number of nitrogens with one attached hydrogen (secondary N) is 1. The second kappa shape index (κ2) is 9.35. The molecule has 0 radical (unpaired) electrons. The number of aryl methyl sites for hydroxylation is 1. The maximum absolute atomic E-state index is 5.70. The number of halogens is 1. The van der Waals surface area contributed by atoms with Crippen molar-refractivity contribution in [1.29, 1.82) is 0 Å². The van der Waals surface area contributed by atoms with Crippen LogP contribution in [0.2, 0.25) is 0 Å². The zero-order valence-electron chi connectivity index (χ0n) is 10.8. The highest BCUT2D eigenvalue weighted by molar-refractivity contribution is 6.17. The van der Waals surface area contributed by atoms with Gasteiger partial charge in [0.1, 0.15) is 0 Å². The number of alkyl halides is 1. The minimum Gasteiger partial charge on any atom is -0.385 e. The van der Waals surface area contributed by atoms with Crippen LogP contribution in [-0.2, 0) is 6.42 Å². The van der Waals surface area contributed by atoms with Gasteiger partial charge in [0.15, 0.2) is 0 Å². The molecule has 0 spiro atoms. The van der Waals surface area contributed by atoms with Crippen LogP contribution in [0.5, 0.6) is 0 Å². The second-order valence-electron chi connectivity index (χ2n) is 4.48. The Morgan fingerprint density at radius 1 is 1.00 bits per heavy atom. The normalized spacial score (nSPS) is 10.5. The van der Waals surface area contributed by atoms with Crippen molar-refractivity contribution in [2.75, 3.05) is 17.7 Å². The van der Waals surface area contributed by atoms with E-state index in [-0.39, 0.29) is 0 Å². The predicted octanol–water partition coefficient (Wildman–Crippen LogP) is 4.85. The summed E-state index contributed by atoms with van der Waals surface area (Å²) >= 11 is 5.70. The lowest BCUT2D eigenvalue weighted by molar-refractivity contribution is 0.645. The molecule has 1 aromatic carbocycles. The van der Waals surface area contributed by atoms with E-state index in [0.717, 1.165) is 13.0 Å². The first-order valence-electron chi connectivity index (χ1n) is 6.75. The van der Waals surface area contributed by atoms with Gasteiger partial charge in [0.2, 0.25) is 0 Å². The average Bonchev–Trinajstić information content (AvgIpc) is 2.36. The summed E-state index contributed by atoms with van der Waals surface area (Å²) in [4.78, 5) is 0. The van der Waals surface area contributed by atoms with Gasteiger partial charge >= 0.3 is 0 Å². The molecule has 1 N–H and O–H groups in total. The topological polar surface area (TPSA) is 12.0 Å². The smallest absolute Gasteiger partial charge is 0.0340 e. The van der Waals surface area contributed by atoms with Crippen LogP contribution in [0.3, 0.4) is 0 Å². The van der Waals surface area contributed by atoms with Gasteiger partial charge in [-0.1, -0.05) is 44.7 Å². The number of hydrogen-bond donors (Lipinski definition) is 1. The van der Waals surface area contributed by atoms with E-state index in [9.17, 15) is 0 Å². The summed E-state index contributed by atoms with van der Waals surface area (Å²) in [7, 11) is 0. The summed E-state index contributed by atoms with van der Waals surface area (Å²) in [5.74, 6) is 0.699. The first-order chi connectivity index (χ1) is 8.36. The molecule has 0 saturated carbocycles. The fourth-order valence-electron chi connectivity index (χ4n) is 1.86. The van der Waals surface area contributed by atoms with E-state index in [2.05, 4.69) is 36.5 Å². The van der Waals surface area contributed by atoms with Crippen LogP contribution in [0.15, 0.2) is 24.3 Å². The lowest BCUT2D eigenvalue weighted by Crippen LogP contribution is -2.01. The van der Waals surface area contributed by atoms with Crippen LogP contribution in [0, 0.1) is 0 Å². The van der Waals surface area contributed by atoms with Crippen LogP contribution in [0.1, 0.15) is 44.6 Å². The van der Waals surface area contributed by atoms with E-state index in [1.54, 1.807) is 0 Å². The van der Waals surface area contributed by atoms with Crippen molar-refractivity contribution in [2.24, 2.45) is 0 Å². The van der Waals surface area contributed by atoms with E-state index in [0.29, 0.717) is 5.88 Å². The van der Waals surface area contributed by atoms with E-state index in [4.69, 9.17) is 11.6 Å². The second-order valence-corrected chi connectivity index (χ2v) is 4.85. The molecule has 17 heavy (non-hydrogen) atoms. The monoisotopic (exact) mass is 253 g/mol. The molecule has 1 aromatic rings. The van der Waals surface area contributed by atoms with Gasteiger partial charge in [0.25, 0.3) is 0 Å². The number of benzene rings is 1. The van der Waals surface area contributed by atoms with Crippen molar-refractivity contribution < 1.29 is 0 Å². The molecule has 0 heterocycles. The Balaban J connectivity index is 2.14. The predicted molar refractivity (Wildman–Crippen MR) is 78.1 cm³/mol. The van der Waals surface area contributed by atoms with Crippen LogP contribution >= 0.6 is 11.6 Å². The molecule has 0 atom stereocenters. The summed E-state index contributed by atoms with van der Waals surface area (Å²) in [5, 5.41) is 3.46. The summed E-state index contributed by atoms with van der Waals surface area (Å²) in [6.45, 7) is 3.33. The van der Waals surface area contributed by atoms with Crippen LogP contribution in [0.25, 0.3) is 0 Å². The van der Waals surface area contributed by atoms with Crippen molar-refractivity contribution in [3.05, 3.63) is 29.8 Å². The maximum Gasteiger partial charge on any atom is 0.0340 e. The SMILES string of the molecule is CCCCCCCNc1ccc(CCCl)cc1. The van der Waals surface area contributed by atoms with Gasteiger partial charge in [0, 0.05) is 18.1 Å². The third-order valence-corrected chi connectivity index (χ3v) is 3.14. The zero-order chi connectivity index (χ0) is 12.3. The Hall–Kier alpha value is -0.690. The fourth-order valence-corrected chi connectivity index (χ4v) is 2.08. The molecule has 0 unspecified atom stereocenters. The van der Waals surface area contributed by atoms with Gasteiger partial charge in [-0.25, -0.2) is 0 Å². The van der Waals surface area contributed by atoms with Gasteiger partial charge in [-0.2, -0.15) is 0 Å². The summed E-state index contributed by atoms with van der Waals surface area (Å²) in [5.41, 5.74) is 2.53. The number of hydrogen-bond acceptors (Lipinski definition) is 1. The molecule has 0 aliphatic rings. The van der Waals surface area contributed by atoms with Crippen LogP contribution < -0.4 is 5.32 Å². The quantitative estimate of drug-likeness (QED) is 0.490. The lowest BCUT2D eigenvalue weighted by Gasteiger charge is -2.07. The van der Waals surface area contributed by atoms with E-state index in [1.807, 2.05) is 0 Å². The molecule has 0 amide bonds. The van der Waals surface area contributed by atoms with E-state index < -0.39 is 0 Å². The third-order valence-electron chi connectivity index (χ3n) is 2.95. The molecular formula is C15H24ClN. The number of anilines is 1. The lowest BCUT2D eigenvalue weighted by atomic mass is 10.1. The van der Waals surface area contributed by atoms with Gasteiger partial charge < -0.3 is 5.32 Å². The summed E-state index contributed by atoms with van der Waals surface area (Å²) < 4.78 is 0. The van der Waals surface area contributed by atoms with Crippen LogP contribution in [0.4, 0.5) is 5.69 Å². The molecule has 0 aliphatic carbocycles. The summed E-state index contributed by atoms with van der Waals surface area (Å²) in [6, 6.07) is 8.60. The molecule has 96 valence electrons. The molecular weight excluding hydrogens is 230 g/mol. The maximum atomic E-state index is 5.70. The molecule has 0 fully saturated rings. The van der Waals surface area contributed by atoms with Gasteiger partial charge in [-0.05, 0) is 30.5 Å². The molecule has 1 nitrogen and oxygen atoms in total. The highest BCUT2D eigenvalue weighted by Crippen LogP contribution is 2.11. The Kier molecular flexibility index (Phi) is 7.91. The Labute approximate surface area is 111 Å². The number of rotatable bonds is 9. The molecule has 2 heteroatoms. The van der Waals surface area contributed by atoms with Gasteiger partial charge in [-0.3, -0.25) is 0 Å². The third kappa shape index (κ3) is 6.58. The van der Waals surface area contributed by atoms with Crippen molar-refractivity contribution in [3.8, 4) is 0 Å². The molecule has 0 aliphatic heterocycles. The van der Waals surface area contributed by atoms with Crippen molar-refractivity contribution in [2.45, 2.75) is 45.4 Å². The van der Waals surface area contributed by atoms with Gasteiger partial charge in [-0.15, -0.1) is 11.6 Å². The standard InChI is InChI=1S/C15H24ClN/c1-2-3-4-5-6-13-17-15-9-7-14(8-10-15)11-12-16/h7-10,17H,2-6,11-13H2,1H3. The average molecular weight is 254 g/mol. The van der Waals surface area contributed by atoms with Crippen LogP contribution in [-0.4, -0.2) is 12.4 Å². The van der Waals surface area contributed by atoms with Gasteiger partial charge in [0.05, 0.1) is 0 Å². The fraction of sp³-hybridized carbons (Fsp3) is 0.600. The minimum atomic E-state index is 0.699. The summed E-state index contributed by atoms with van der Waals surface area (Å²) in [6.07, 6.45) is 7.61. The minimum absolute atomic E-state index is 0.699. The largest absolute Gasteiger partial charge is 0.385 e. The zero-order valence-corrected chi connectivity index (χ0v) is 11.6. The van der Waals surface area contributed by atoms with E-state index in [1.165, 1.54) is 43.4 Å². The Morgan fingerprint density at radius 2 is 1.71 bits per heavy atom. The van der Waals surface area contributed by atoms with Crippen molar-refractivity contribution in [3.63, 3.8) is 0 Å². The Morgan fingerprint density at radius 3 is 2.35 bits per heavy atom. The van der Waals surface area contributed by atoms with Crippen molar-refractivity contribution >= 4 is 17.3 Å². The molecule has 0 aromatic heterocycles. The first kappa shape index (κ1) is 14.4. The first-order valence-corrected chi connectivity index (χ1v) is 7.29. The Bertz CT molecular complexity index is 281. The van der Waals surface area contributed by atoms with Crippen molar-refractivity contribution in [1.82, 2.24) is 0 Å². The highest BCUT2D eigenvalue weighted by Gasteiger charge is 1.94. The van der Waals surface area contributed by atoms with E-state index >= 15 is 0 Å².